The number of hydrogen-bond donors (Lipinski definition) is 2. The van der Waals surface area contributed by atoms with Crippen molar-refractivity contribution >= 4 is 48.1 Å². The number of piperidine rings is 1. The smallest absolute Gasteiger partial charge is 0.410 e. The van der Waals surface area contributed by atoms with Crippen LogP contribution in [0.5, 0.6) is 5.75 Å². The molecule has 0 atom stereocenters. The molecule has 2 aromatic carbocycles. The molecule has 10 nitrogen and oxygen atoms in total. The van der Waals surface area contributed by atoms with Gasteiger partial charge in [0.2, 0.25) is 5.95 Å². The summed E-state index contributed by atoms with van der Waals surface area (Å²) >= 11 is 0. The number of benzene rings is 2. The van der Waals surface area contributed by atoms with Gasteiger partial charge in [0.1, 0.15) is 17.2 Å². The summed E-state index contributed by atoms with van der Waals surface area (Å²) in [4.78, 5) is 28.9. The standard InChI is InChI=1S/C35H48N7O3P/c1-24-23-36-33(39-32(24)37-27-9-7-8-10-30(27)46(5)6)38-28-11-12-29(26-15-22-44-31(26)28)41-16-13-25(14-17-41)40-18-20-42(21-19-40)34(43)45-35(2,3)4/h7-12,23,25H,13-22H2,1-6H3,(H2,36,37,38,39). The van der Waals surface area contributed by atoms with Crippen LogP contribution in [0, 0.1) is 6.92 Å². The van der Waals surface area contributed by atoms with E-state index in [-0.39, 0.29) is 14.0 Å². The van der Waals surface area contributed by atoms with E-state index in [2.05, 4.69) is 75.1 Å². The topological polar surface area (TPSA) is 95.1 Å². The largest absolute Gasteiger partial charge is 0.491 e. The highest BCUT2D eigenvalue weighted by Gasteiger charge is 2.32. The number of nitrogens with zero attached hydrogens (tertiary/aromatic N) is 5. The number of para-hydroxylation sites is 1. The molecule has 11 heteroatoms. The Kier molecular flexibility index (Phi) is 9.57. The minimum atomic E-state index is -0.461. The number of amides is 1. The van der Waals surface area contributed by atoms with Gasteiger partial charge in [-0.05, 0) is 77.4 Å². The molecule has 46 heavy (non-hydrogen) atoms. The molecule has 0 saturated carbocycles. The molecular formula is C35H48N7O3P. The van der Waals surface area contributed by atoms with E-state index >= 15 is 0 Å². The first-order valence-corrected chi connectivity index (χ1v) is 18.7. The Hall–Kier alpha value is -3.62. The average molecular weight is 646 g/mol. The molecule has 0 unspecified atom stereocenters. The summed E-state index contributed by atoms with van der Waals surface area (Å²) in [5.74, 6) is 2.24. The number of aromatic nitrogens is 2. The Morgan fingerprint density at radius 3 is 2.43 bits per heavy atom. The SMILES string of the molecule is Cc1cnc(Nc2ccc(N3CCC(N4CCN(C(=O)OC(C)(C)C)CC4)CC3)c3c2OCC3)nc1Nc1ccccc1P(C)C. The quantitative estimate of drug-likeness (QED) is 0.296. The van der Waals surface area contributed by atoms with Crippen LogP contribution in [0.15, 0.2) is 42.6 Å². The Morgan fingerprint density at radius 2 is 1.72 bits per heavy atom. The van der Waals surface area contributed by atoms with Gasteiger partial charge in [0, 0.05) is 80.4 Å². The molecule has 1 aromatic heterocycles. The van der Waals surface area contributed by atoms with E-state index in [0.29, 0.717) is 18.6 Å². The van der Waals surface area contributed by atoms with Gasteiger partial charge in [0.25, 0.3) is 0 Å². The van der Waals surface area contributed by atoms with E-state index < -0.39 is 5.60 Å². The first-order valence-electron chi connectivity index (χ1n) is 16.5. The lowest BCUT2D eigenvalue weighted by Gasteiger charge is -2.43. The van der Waals surface area contributed by atoms with Gasteiger partial charge in [-0.25, -0.2) is 9.78 Å². The molecule has 246 valence electrons. The predicted octanol–water partition coefficient (Wildman–Crippen LogP) is 6.10. The zero-order chi connectivity index (χ0) is 32.4. The molecule has 2 fully saturated rings. The molecule has 2 saturated heterocycles. The number of carbonyl (C=O) groups excluding carboxylic acids is 1. The monoisotopic (exact) mass is 645 g/mol. The third-order valence-electron chi connectivity index (χ3n) is 8.98. The van der Waals surface area contributed by atoms with E-state index in [9.17, 15) is 4.79 Å². The molecule has 0 radical (unpaired) electrons. The maximum Gasteiger partial charge on any atom is 0.410 e. The normalized spacial score (nSPS) is 17.5. The molecule has 4 heterocycles. The minimum absolute atomic E-state index is 0.199. The molecular weight excluding hydrogens is 597 g/mol. The number of fused-ring (bicyclic) bond motifs is 1. The third kappa shape index (κ3) is 7.34. The van der Waals surface area contributed by atoms with E-state index in [1.54, 1.807) is 0 Å². The van der Waals surface area contributed by atoms with Crippen molar-refractivity contribution in [2.45, 2.75) is 58.6 Å². The number of anilines is 5. The van der Waals surface area contributed by atoms with Gasteiger partial charge >= 0.3 is 6.09 Å². The zero-order valence-electron chi connectivity index (χ0n) is 28.1. The maximum atomic E-state index is 12.5. The maximum absolute atomic E-state index is 12.5. The summed E-state index contributed by atoms with van der Waals surface area (Å²) in [5, 5.41) is 8.33. The van der Waals surface area contributed by atoms with Crippen molar-refractivity contribution in [3.05, 3.63) is 53.7 Å². The zero-order valence-corrected chi connectivity index (χ0v) is 29.0. The van der Waals surface area contributed by atoms with Crippen LogP contribution in [0.1, 0.15) is 44.7 Å². The number of aryl methyl sites for hydroxylation is 1. The highest BCUT2D eigenvalue weighted by molar-refractivity contribution is 7.64. The molecule has 3 aromatic rings. The van der Waals surface area contributed by atoms with E-state index in [4.69, 9.17) is 14.5 Å². The van der Waals surface area contributed by atoms with Crippen molar-refractivity contribution in [3.8, 4) is 5.75 Å². The van der Waals surface area contributed by atoms with Crippen molar-refractivity contribution in [3.63, 3.8) is 0 Å². The highest BCUT2D eigenvalue weighted by Crippen LogP contribution is 2.42. The van der Waals surface area contributed by atoms with Crippen molar-refractivity contribution in [2.24, 2.45) is 0 Å². The van der Waals surface area contributed by atoms with Crippen LogP contribution < -0.4 is 25.6 Å². The fourth-order valence-electron chi connectivity index (χ4n) is 6.59. The van der Waals surface area contributed by atoms with Crippen LogP contribution >= 0.6 is 7.92 Å². The second kappa shape index (κ2) is 13.6. The van der Waals surface area contributed by atoms with Gasteiger partial charge in [0.05, 0.1) is 12.3 Å². The molecule has 3 aliphatic heterocycles. The predicted molar refractivity (Wildman–Crippen MR) is 188 cm³/mol. The van der Waals surface area contributed by atoms with Crippen LogP contribution in [0.3, 0.4) is 0 Å². The number of rotatable bonds is 7. The van der Waals surface area contributed by atoms with Crippen molar-refractivity contribution < 1.29 is 14.3 Å². The van der Waals surface area contributed by atoms with Crippen LogP contribution in [-0.4, -0.2) is 96.7 Å². The molecule has 0 bridgehead atoms. The van der Waals surface area contributed by atoms with E-state index in [0.717, 1.165) is 87.0 Å². The van der Waals surface area contributed by atoms with Gasteiger partial charge in [-0.2, -0.15) is 4.98 Å². The summed E-state index contributed by atoms with van der Waals surface area (Å²) < 4.78 is 11.8. The first-order chi connectivity index (χ1) is 22.1. The fourth-order valence-corrected chi connectivity index (χ4v) is 7.58. The number of carbonyl (C=O) groups is 1. The number of nitrogens with one attached hydrogen (secondary N) is 2. The molecule has 6 rings (SSSR count). The van der Waals surface area contributed by atoms with Gasteiger partial charge in [-0.15, -0.1) is 0 Å². The highest BCUT2D eigenvalue weighted by atomic mass is 31.1. The van der Waals surface area contributed by atoms with Gasteiger partial charge in [-0.3, -0.25) is 4.90 Å². The summed E-state index contributed by atoms with van der Waals surface area (Å²) in [7, 11) is -0.258. The third-order valence-corrected chi connectivity index (χ3v) is 10.3. The summed E-state index contributed by atoms with van der Waals surface area (Å²) in [6, 6.07) is 13.3. The van der Waals surface area contributed by atoms with E-state index in [1.165, 1.54) is 16.6 Å². The summed E-state index contributed by atoms with van der Waals surface area (Å²) in [6.07, 6.45) is 4.77. The van der Waals surface area contributed by atoms with E-state index in [1.807, 2.05) is 38.8 Å². The summed E-state index contributed by atoms with van der Waals surface area (Å²) in [6.45, 7) is 18.2. The van der Waals surface area contributed by atoms with Crippen LogP contribution in [-0.2, 0) is 11.2 Å². The molecule has 0 aliphatic carbocycles. The van der Waals surface area contributed by atoms with Gasteiger partial charge in [0.15, 0.2) is 0 Å². The van der Waals surface area contributed by atoms with Crippen LogP contribution in [0.4, 0.5) is 33.6 Å². The van der Waals surface area contributed by atoms with Crippen molar-refractivity contribution in [1.82, 2.24) is 19.8 Å². The van der Waals surface area contributed by atoms with Crippen LogP contribution in [0.2, 0.25) is 0 Å². The summed E-state index contributed by atoms with van der Waals surface area (Å²) in [5.41, 5.74) is 5.04. The first kappa shape index (κ1) is 32.3. The number of piperazine rings is 1. The lowest BCUT2D eigenvalue weighted by Crippen LogP contribution is -2.55. The van der Waals surface area contributed by atoms with Crippen molar-refractivity contribution in [2.75, 3.05) is 74.7 Å². The second-order valence-electron chi connectivity index (χ2n) is 13.6. The molecule has 1 amide bonds. The van der Waals surface area contributed by atoms with Gasteiger partial charge < -0.3 is 29.9 Å². The molecule has 2 N–H and O–H groups in total. The lowest BCUT2D eigenvalue weighted by atomic mass is 9.99. The van der Waals surface area contributed by atoms with Crippen LogP contribution in [0.25, 0.3) is 0 Å². The Labute approximate surface area is 274 Å². The Morgan fingerprint density at radius 1 is 0.978 bits per heavy atom. The molecule has 3 aliphatic rings. The average Bonchev–Trinajstić information content (AvgIpc) is 3.53. The minimum Gasteiger partial charge on any atom is -0.491 e. The van der Waals surface area contributed by atoms with Gasteiger partial charge in [-0.1, -0.05) is 26.1 Å². The lowest BCUT2D eigenvalue weighted by molar-refractivity contribution is 0.00902. The second-order valence-corrected chi connectivity index (χ2v) is 15.9. The fraction of sp³-hybridized carbons (Fsp3) is 0.514. The number of hydrogen-bond acceptors (Lipinski definition) is 9. The van der Waals surface area contributed by atoms with Crippen molar-refractivity contribution in [1.29, 1.82) is 0 Å². The molecule has 0 spiro atoms. The number of ether oxygens (including phenoxy) is 2. The Balaban J connectivity index is 1.09. The Bertz CT molecular complexity index is 1540.